The molecule has 0 spiro atoms. The van der Waals surface area contributed by atoms with Crippen molar-refractivity contribution in [2.45, 2.75) is 17.1 Å². The maximum atomic E-state index is 12.3. The van der Waals surface area contributed by atoms with Crippen LogP contribution in [0.3, 0.4) is 0 Å². The van der Waals surface area contributed by atoms with Gasteiger partial charge in [-0.1, -0.05) is 0 Å². The number of rotatable bonds is 1. The number of anilines is 1. The normalized spacial score (nSPS) is 25.3. The second-order valence-electron chi connectivity index (χ2n) is 4.89. The van der Waals surface area contributed by atoms with Crippen LogP contribution in [-0.2, 0) is 4.79 Å². The summed E-state index contributed by atoms with van der Waals surface area (Å²) in [7, 11) is 0. The lowest BCUT2D eigenvalue weighted by Crippen LogP contribution is -2.30. The number of aliphatic hydroxyl groups excluding tert-OH is 2. The predicted molar refractivity (Wildman–Crippen MR) is 73.7 cm³/mol. The second-order valence-corrected chi connectivity index (χ2v) is 5.91. The third kappa shape index (κ3) is 2.39. The summed E-state index contributed by atoms with van der Waals surface area (Å²) in [6.07, 6.45) is -1.79. The van der Waals surface area contributed by atoms with Crippen molar-refractivity contribution < 1.29 is 19.8 Å². The van der Waals surface area contributed by atoms with Gasteiger partial charge < -0.3 is 20.4 Å². The van der Waals surface area contributed by atoms with Crippen LogP contribution in [0.1, 0.15) is 10.4 Å². The molecule has 6 nitrogen and oxygen atoms in total. The molecule has 1 fully saturated rings. The molecule has 2 aliphatic rings. The number of likely N-dealkylation sites (tertiary alicyclic amines) is 1. The number of aliphatic hydroxyl groups is 2. The molecule has 0 aliphatic carbocycles. The van der Waals surface area contributed by atoms with E-state index in [2.05, 4.69) is 5.32 Å². The van der Waals surface area contributed by atoms with Gasteiger partial charge in [0.25, 0.3) is 5.91 Å². The van der Waals surface area contributed by atoms with Crippen LogP contribution in [0, 0.1) is 0 Å². The standard InChI is InChI=1S/C13H14N2O4S/c16-9-4-15(5-10(9)17)13(19)7-1-2-11-8(3-7)14-12(18)6-20-11/h1-3,9-10,16-17H,4-6H2,(H,14,18). The zero-order chi connectivity index (χ0) is 14.3. The molecule has 2 heterocycles. The van der Waals surface area contributed by atoms with Crippen molar-refractivity contribution in [2.75, 3.05) is 24.2 Å². The largest absolute Gasteiger partial charge is 0.388 e. The van der Waals surface area contributed by atoms with Crippen molar-refractivity contribution >= 4 is 29.3 Å². The van der Waals surface area contributed by atoms with Crippen LogP contribution >= 0.6 is 11.8 Å². The molecular weight excluding hydrogens is 280 g/mol. The summed E-state index contributed by atoms with van der Waals surface area (Å²) in [6, 6.07) is 5.14. The average molecular weight is 294 g/mol. The summed E-state index contributed by atoms with van der Waals surface area (Å²) in [5, 5.41) is 21.7. The molecule has 3 N–H and O–H groups in total. The third-order valence-corrected chi connectivity index (χ3v) is 4.48. The molecule has 1 saturated heterocycles. The fourth-order valence-electron chi connectivity index (χ4n) is 2.33. The highest BCUT2D eigenvalue weighted by Gasteiger charge is 2.33. The van der Waals surface area contributed by atoms with Crippen molar-refractivity contribution in [2.24, 2.45) is 0 Å². The maximum Gasteiger partial charge on any atom is 0.254 e. The first-order valence-corrected chi connectivity index (χ1v) is 7.25. The van der Waals surface area contributed by atoms with Gasteiger partial charge in [-0.25, -0.2) is 0 Å². The smallest absolute Gasteiger partial charge is 0.254 e. The molecule has 3 rings (SSSR count). The fraction of sp³-hybridized carbons (Fsp3) is 0.385. The Morgan fingerprint density at radius 3 is 2.70 bits per heavy atom. The van der Waals surface area contributed by atoms with Gasteiger partial charge in [-0.15, -0.1) is 11.8 Å². The lowest BCUT2D eigenvalue weighted by molar-refractivity contribution is -0.113. The van der Waals surface area contributed by atoms with Crippen molar-refractivity contribution in [3.63, 3.8) is 0 Å². The Balaban J connectivity index is 1.82. The van der Waals surface area contributed by atoms with Crippen LogP contribution in [0.5, 0.6) is 0 Å². The maximum absolute atomic E-state index is 12.3. The Bertz CT molecular complexity index is 567. The molecule has 7 heteroatoms. The molecule has 0 radical (unpaired) electrons. The molecular formula is C13H14N2O4S. The van der Waals surface area contributed by atoms with Crippen molar-refractivity contribution in [3.05, 3.63) is 23.8 Å². The molecule has 0 aromatic heterocycles. The highest BCUT2D eigenvalue weighted by Crippen LogP contribution is 2.32. The highest BCUT2D eigenvalue weighted by molar-refractivity contribution is 8.00. The number of carbonyl (C=O) groups excluding carboxylic acids is 2. The molecule has 1 aromatic carbocycles. The first-order valence-electron chi connectivity index (χ1n) is 6.26. The second kappa shape index (κ2) is 5.08. The molecule has 106 valence electrons. The van der Waals surface area contributed by atoms with Crippen LogP contribution < -0.4 is 5.32 Å². The zero-order valence-corrected chi connectivity index (χ0v) is 11.4. The van der Waals surface area contributed by atoms with E-state index in [1.54, 1.807) is 18.2 Å². The number of carbonyl (C=O) groups is 2. The lowest BCUT2D eigenvalue weighted by atomic mass is 10.1. The van der Waals surface area contributed by atoms with Gasteiger partial charge >= 0.3 is 0 Å². The molecule has 0 bridgehead atoms. The van der Waals surface area contributed by atoms with Crippen LogP contribution in [0.25, 0.3) is 0 Å². The van der Waals surface area contributed by atoms with Gasteiger partial charge in [-0.05, 0) is 18.2 Å². The summed E-state index contributed by atoms with van der Waals surface area (Å²) in [4.78, 5) is 26.0. The van der Waals surface area contributed by atoms with E-state index in [4.69, 9.17) is 0 Å². The highest BCUT2D eigenvalue weighted by atomic mass is 32.2. The van der Waals surface area contributed by atoms with Crippen molar-refractivity contribution in [1.29, 1.82) is 0 Å². The zero-order valence-electron chi connectivity index (χ0n) is 10.6. The van der Waals surface area contributed by atoms with Crippen LogP contribution in [0.2, 0.25) is 0 Å². The van der Waals surface area contributed by atoms with Crippen molar-refractivity contribution in [1.82, 2.24) is 4.90 Å². The van der Waals surface area contributed by atoms with Crippen molar-refractivity contribution in [3.8, 4) is 0 Å². The molecule has 20 heavy (non-hydrogen) atoms. The summed E-state index contributed by atoms with van der Waals surface area (Å²) in [5.74, 6) is 0.0393. The van der Waals surface area contributed by atoms with E-state index >= 15 is 0 Å². The van der Waals surface area contributed by atoms with E-state index in [1.165, 1.54) is 16.7 Å². The molecule has 2 atom stereocenters. The number of thioether (sulfide) groups is 1. The average Bonchev–Trinajstić information content (AvgIpc) is 2.77. The first kappa shape index (κ1) is 13.4. The minimum atomic E-state index is -0.896. The number of hydrogen-bond acceptors (Lipinski definition) is 5. The number of fused-ring (bicyclic) bond motifs is 1. The minimum Gasteiger partial charge on any atom is -0.388 e. The number of nitrogens with one attached hydrogen (secondary N) is 1. The summed E-state index contributed by atoms with van der Waals surface area (Å²) >= 11 is 1.43. The van der Waals surface area contributed by atoms with E-state index in [9.17, 15) is 19.8 Å². The van der Waals surface area contributed by atoms with E-state index in [-0.39, 0.29) is 24.9 Å². The van der Waals surface area contributed by atoms with Gasteiger partial charge in [0, 0.05) is 23.5 Å². The number of β-amino-alcohol motifs (C(OH)–C–C–N with tert-alkyl or cyclic N) is 2. The number of hydrogen-bond donors (Lipinski definition) is 3. The van der Waals surface area contributed by atoms with E-state index in [0.717, 1.165) is 4.90 Å². The van der Waals surface area contributed by atoms with E-state index in [0.29, 0.717) is 17.0 Å². The fourth-order valence-corrected chi connectivity index (χ4v) is 3.12. The minimum absolute atomic E-state index is 0.0842. The summed E-state index contributed by atoms with van der Waals surface area (Å²) in [6.45, 7) is 0.246. The Kier molecular flexibility index (Phi) is 3.41. The SMILES string of the molecule is O=C1CSc2ccc(C(=O)N3CC(O)C(O)C3)cc2N1. The van der Waals surface area contributed by atoms with Gasteiger partial charge in [0.2, 0.25) is 5.91 Å². The molecule has 1 aromatic rings. The number of nitrogens with zero attached hydrogens (tertiary/aromatic N) is 1. The van der Waals surface area contributed by atoms with Crippen LogP contribution in [0.15, 0.2) is 23.1 Å². The summed E-state index contributed by atoms with van der Waals surface area (Å²) < 4.78 is 0. The molecule has 2 amide bonds. The van der Waals surface area contributed by atoms with Gasteiger partial charge in [0.1, 0.15) is 0 Å². The van der Waals surface area contributed by atoms with Crippen LogP contribution in [-0.4, -0.2) is 58.0 Å². The Labute approximate surface area is 119 Å². The topological polar surface area (TPSA) is 89.9 Å². The predicted octanol–water partition coefficient (Wildman–Crippen LogP) is -0.0916. The monoisotopic (exact) mass is 294 g/mol. The Hall–Kier alpha value is -1.57. The first-order chi connectivity index (χ1) is 9.54. The Morgan fingerprint density at radius 2 is 2.00 bits per heavy atom. The molecule has 2 unspecified atom stereocenters. The Morgan fingerprint density at radius 1 is 1.30 bits per heavy atom. The van der Waals surface area contributed by atoms with Gasteiger partial charge in [-0.2, -0.15) is 0 Å². The number of amides is 2. The van der Waals surface area contributed by atoms with E-state index < -0.39 is 12.2 Å². The van der Waals surface area contributed by atoms with Gasteiger partial charge in [-0.3, -0.25) is 9.59 Å². The van der Waals surface area contributed by atoms with Gasteiger partial charge in [0.05, 0.1) is 23.6 Å². The quantitative estimate of drug-likeness (QED) is 0.673. The third-order valence-electron chi connectivity index (χ3n) is 3.41. The molecule has 0 saturated carbocycles. The number of benzene rings is 1. The van der Waals surface area contributed by atoms with E-state index in [1.807, 2.05) is 0 Å². The van der Waals surface area contributed by atoms with Crippen LogP contribution in [0.4, 0.5) is 5.69 Å². The lowest BCUT2D eigenvalue weighted by Gasteiger charge is -2.19. The summed E-state index contributed by atoms with van der Waals surface area (Å²) in [5.41, 5.74) is 1.07. The molecule has 2 aliphatic heterocycles. The van der Waals surface area contributed by atoms with Gasteiger partial charge in [0.15, 0.2) is 0 Å².